The van der Waals surface area contributed by atoms with Crippen LogP contribution in [0.3, 0.4) is 0 Å². The highest BCUT2D eigenvalue weighted by Crippen LogP contribution is 2.42. The number of fused-ring (bicyclic) bond motifs is 1. The van der Waals surface area contributed by atoms with Gasteiger partial charge >= 0.3 is 0 Å². The van der Waals surface area contributed by atoms with Gasteiger partial charge in [0.2, 0.25) is 10.0 Å². The molecule has 22 heavy (non-hydrogen) atoms. The predicted octanol–water partition coefficient (Wildman–Crippen LogP) is 0.507. The van der Waals surface area contributed by atoms with Gasteiger partial charge in [0, 0.05) is 18.4 Å². The molecule has 8 heteroatoms. The molecular formula is C14H15FN4O2S. The fraction of sp³-hybridized carbons (Fsp3) is 0.357. The van der Waals surface area contributed by atoms with Crippen molar-refractivity contribution in [2.24, 2.45) is 11.8 Å². The highest BCUT2D eigenvalue weighted by molar-refractivity contribution is 7.89. The summed E-state index contributed by atoms with van der Waals surface area (Å²) in [6.45, 7) is 1.68. The van der Waals surface area contributed by atoms with E-state index in [1.165, 1.54) is 23.0 Å². The van der Waals surface area contributed by atoms with E-state index >= 15 is 0 Å². The normalized spacial score (nSPS) is 26.9. The van der Waals surface area contributed by atoms with Crippen molar-refractivity contribution in [3.05, 3.63) is 42.5 Å². The Labute approximate surface area is 127 Å². The molecule has 2 aromatic rings. The molecule has 1 saturated heterocycles. The van der Waals surface area contributed by atoms with E-state index in [1.807, 2.05) is 0 Å². The molecule has 1 aliphatic carbocycles. The maximum Gasteiger partial charge on any atom is 0.240 e. The maximum atomic E-state index is 14.2. The monoisotopic (exact) mass is 322 g/mol. The fourth-order valence-electron chi connectivity index (χ4n) is 3.09. The maximum absolute atomic E-state index is 14.2. The largest absolute Gasteiger partial charge is 0.316 e. The molecule has 0 bridgehead atoms. The first-order chi connectivity index (χ1) is 10.6. The molecule has 2 fully saturated rings. The molecule has 4 rings (SSSR count). The number of rotatable bonds is 4. The Morgan fingerprint density at radius 3 is 2.73 bits per heavy atom. The minimum Gasteiger partial charge on any atom is -0.316 e. The lowest BCUT2D eigenvalue weighted by Gasteiger charge is -2.10. The molecule has 1 aromatic heterocycles. The van der Waals surface area contributed by atoms with Crippen molar-refractivity contribution >= 4 is 10.0 Å². The van der Waals surface area contributed by atoms with E-state index in [4.69, 9.17) is 0 Å². The highest BCUT2D eigenvalue weighted by atomic mass is 32.2. The van der Waals surface area contributed by atoms with Gasteiger partial charge in [0.1, 0.15) is 11.5 Å². The van der Waals surface area contributed by atoms with Gasteiger partial charge in [-0.1, -0.05) is 0 Å². The first-order valence-electron chi connectivity index (χ1n) is 7.09. The second-order valence-corrected chi connectivity index (χ2v) is 7.41. The Hall–Kier alpha value is -1.77. The summed E-state index contributed by atoms with van der Waals surface area (Å²) in [4.78, 5) is -0.0566. The van der Waals surface area contributed by atoms with Crippen LogP contribution in [0.1, 0.15) is 0 Å². The van der Waals surface area contributed by atoms with Crippen LogP contribution < -0.4 is 10.0 Å². The van der Waals surface area contributed by atoms with Gasteiger partial charge in [0.25, 0.3) is 0 Å². The summed E-state index contributed by atoms with van der Waals surface area (Å²) in [6, 6.07) is 5.51. The van der Waals surface area contributed by atoms with Crippen LogP contribution in [-0.2, 0) is 10.0 Å². The van der Waals surface area contributed by atoms with Crippen LogP contribution in [0.4, 0.5) is 4.39 Å². The van der Waals surface area contributed by atoms with Crippen LogP contribution in [0.2, 0.25) is 0 Å². The zero-order valence-corrected chi connectivity index (χ0v) is 12.4. The lowest BCUT2D eigenvalue weighted by atomic mass is 10.3. The summed E-state index contributed by atoms with van der Waals surface area (Å²) in [7, 11) is -3.69. The predicted molar refractivity (Wildman–Crippen MR) is 77.5 cm³/mol. The molecule has 1 aliphatic heterocycles. The van der Waals surface area contributed by atoms with Crippen molar-refractivity contribution in [2.75, 3.05) is 13.1 Å². The van der Waals surface area contributed by atoms with E-state index in [9.17, 15) is 12.8 Å². The second kappa shape index (κ2) is 4.87. The van der Waals surface area contributed by atoms with Crippen LogP contribution >= 0.6 is 0 Å². The van der Waals surface area contributed by atoms with Crippen molar-refractivity contribution < 1.29 is 12.8 Å². The van der Waals surface area contributed by atoms with Crippen LogP contribution in [0, 0.1) is 17.7 Å². The minimum absolute atomic E-state index is 0.0277. The van der Waals surface area contributed by atoms with Gasteiger partial charge < -0.3 is 5.32 Å². The van der Waals surface area contributed by atoms with Crippen molar-refractivity contribution in [1.29, 1.82) is 0 Å². The number of halogens is 1. The molecule has 6 nitrogen and oxygen atoms in total. The number of aromatic nitrogens is 2. The van der Waals surface area contributed by atoms with Gasteiger partial charge in [-0.25, -0.2) is 22.2 Å². The zero-order chi connectivity index (χ0) is 15.3. The molecule has 2 aliphatic rings. The molecule has 3 atom stereocenters. The molecule has 0 spiro atoms. The van der Waals surface area contributed by atoms with Gasteiger partial charge in [0.15, 0.2) is 0 Å². The first kappa shape index (κ1) is 13.9. The van der Waals surface area contributed by atoms with Crippen molar-refractivity contribution in [3.63, 3.8) is 0 Å². The lowest BCUT2D eigenvalue weighted by molar-refractivity contribution is 0.561. The Balaban J connectivity index is 1.58. The summed E-state index contributed by atoms with van der Waals surface area (Å²) in [5, 5.41) is 7.15. The fourth-order valence-corrected chi connectivity index (χ4v) is 4.44. The Morgan fingerprint density at radius 2 is 2.09 bits per heavy atom. The van der Waals surface area contributed by atoms with Gasteiger partial charge in [0.05, 0.1) is 4.90 Å². The Bertz CT molecular complexity index is 796. The number of sulfonamides is 1. The number of hydrogen-bond donors (Lipinski definition) is 2. The van der Waals surface area contributed by atoms with E-state index in [2.05, 4.69) is 15.1 Å². The number of nitrogens with one attached hydrogen (secondary N) is 2. The molecule has 2 heterocycles. The second-order valence-electron chi connectivity index (χ2n) is 5.70. The van der Waals surface area contributed by atoms with Crippen LogP contribution in [0.25, 0.3) is 5.69 Å². The van der Waals surface area contributed by atoms with Gasteiger partial charge in [-0.05, 0) is 49.2 Å². The Kier molecular flexibility index (Phi) is 3.07. The first-order valence-corrected chi connectivity index (χ1v) is 8.57. The third-order valence-electron chi connectivity index (χ3n) is 4.36. The summed E-state index contributed by atoms with van der Waals surface area (Å²) in [5.41, 5.74) is 0.219. The lowest BCUT2D eigenvalue weighted by Crippen LogP contribution is -2.32. The molecule has 116 valence electrons. The van der Waals surface area contributed by atoms with Gasteiger partial charge in [-0.3, -0.25) is 0 Å². The number of piperidine rings is 1. The summed E-state index contributed by atoms with van der Waals surface area (Å²) < 4.78 is 42.9. The van der Waals surface area contributed by atoms with E-state index < -0.39 is 15.8 Å². The molecule has 0 amide bonds. The van der Waals surface area contributed by atoms with Crippen molar-refractivity contribution in [3.8, 4) is 5.69 Å². The standard InChI is InChI=1S/C14H15FN4O2S/c15-12-6-9(2-3-13(12)19-5-1-4-17-19)22(20,21)18-14-10-7-16-8-11(10)14/h1-6,10-11,14,16,18H,7-8H2/t10-,11+,14?. The average Bonchev–Trinajstić information content (AvgIpc) is 2.97. The van der Waals surface area contributed by atoms with E-state index in [0.717, 1.165) is 19.2 Å². The molecule has 1 aromatic carbocycles. The van der Waals surface area contributed by atoms with Gasteiger partial charge in [-0.2, -0.15) is 5.10 Å². The minimum atomic E-state index is -3.69. The number of nitrogens with zero attached hydrogens (tertiary/aromatic N) is 2. The van der Waals surface area contributed by atoms with Crippen molar-refractivity contribution in [1.82, 2.24) is 19.8 Å². The molecule has 1 saturated carbocycles. The Morgan fingerprint density at radius 1 is 1.32 bits per heavy atom. The average molecular weight is 322 g/mol. The smallest absolute Gasteiger partial charge is 0.240 e. The van der Waals surface area contributed by atoms with Crippen LogP contribution in [-0.4, -0.2) is 37.3 Å². The third-order valence-corrected chi connectivity index (χ3v) is 5.82. The van der Waals surface area contributed by atoms with E-state index in [-0.39, 0.29) is 16.6 Å². The number of hydrogen-bond acceptors (Lipinski definition) is 4. The topological polar surface area (TPSA) is 76.0 Å². The highest BCUT2D eigenvalue weighted by Gasteiger charge is 2.54. The quantitative estimate of drug-likeness (QED) is 0.860. The molecule has 2 N–H and O–H groups in total. The zero-order valence-electron chi connectivity index (χ0n) is 11.6. The summed E-state index contributed by atoms with van der Waals surface area (Å²) in [6.07, 6.45) is 3.13. The molecule has 1 unspecified atom stereocenters. The summed E-state index contributed by atoms with van der Waals surface area (Å²) in [5.74, 6) is 0.107. The summed E-state index contributed by atoms with van der Waals surface area (Å²) >= 11 is 0. The van der Waals surface area contributed by atoms with Gasteiger partial charge in [-0.15, -0.1) is 0 Å². The van der Waals surface area contributed by atoms with Crippen LogP contribution in [0.5, 0.6) is 0 Å². The van der Waals surface area contributed by atoms with E-state index in [0.29, 0.717) is 11.8 Å². The third kappa shape index (κ3) is 2.23. The molecule has 0 radical (unpaired) electrons. The van der Waals surface area contributed by atoms with E-state index in [1.54, 1.807) is 12.3 Å². The van der Waals surface area contributed by atoms with Crippen molar-refractivity contribution in [2.45, 2.75) is 10.9 Å². The van der Waals surface area contributed by atoms with Crippen LogP contribution in [0.15, 0.2) is 41.6 Å². The molecular weight excluding hydrogens is 307 g/mol. The number of benzene rings is 1. The SMILES string of the molecule is O=S(=O)(NC1[C@H]2CNC[C@@H]12)c1ccc(-n2cccn2)c(F)c1.